The predicted octanol–water partition coefficient (Wildman–Crippen LogP) is -0.280. The average Bonchev–Trinajstić information content (AvgIpc) is 2.00. The number of ether oxygens (including phenoxy) is 1. The molecule has 0 heterocycles. The second kappa shape index (κ2) is 5.15. The number of rotatable bonds is 5. The standard InChI is InChI=1S/C6H13NO5S/c1-3-4-5(6(8)12-2)7-13(9,10)11/h5,7H,3-4H2,1-2H3,(H,9,10,11)/t5-/m0/s1. The summed E-state index contributed by atoms with van der Waals surface area (Å²) in [4.78, 5) is 10.9. The molecule has 0 aromatic rings. The van der Waals surface area contributed by atoms with Crippen LogP contribution in [0, 0.1) is 0 Å². The molecule has 0 aliphatic heterocycles. The third kappa shape index (κ3) is 5.56. The van der Waals surface area contributed by atoms with Gasteiger partial charge in [0, 0.05) is 0 Å². The van der Waals surface area contributed by atoms with Crippen molar-refractivity contribution in [3.8, 4) is 0 Å². The summed E-state index contributed by atoms with van der Waals surface area (Å²) in [7, 11) is -3.20. The van der Waals surface area contributed by atoms with Crippen molar-refractivity contribution < 1.29 is 22.5 Å². The van der Waals surface area contributed by atoms with E-state index in [1.54, 1.807) is 11.6 Å². The lowest BCUT2D eigenvalue weighted by atomic mass is 10.2. The molecule has 6 nitrogen and oxygen atoms in total. The second-order valence-electron chi connectivity index (χ2n) is 2.46. The molecule has 0 radical (unpaired) electrons. The SMILES string of the molecule is CCC[C@H](NS(=O)(=O)O)C(=O)OC. The van der Waals surface area contributed by atoms with Crippen LogP contribution in [-0.2, 0) is 19.8 Å². The topological polar surface area (TPSA) is 92.7 Å². The van der Waals surface area contributed by atoms with Crippen molar-refractivity contribution >= 4 is 16.3 Å². The zero-order valence-corrected chi connectivity index (χ0v) is 8.30. The minimum absolute atomic E-state index is 0.284. The third-order valence-electron chi connectivity index (χ3n) is 1.35. The average molecular weight is 211 g/mol. The molecular formula is C6H13NO5S. The number of hydrogen-bond donors (Lipinski definition) is 2. The Bertz CT molecular complexity index is 260. The molecule has 0 amide bonds. The summed E-state index contributed by atoms with van der Waals surface area (Å²) in [5.41, 5.74) is 0. The van der Waals surface area contributed by atoms with Crippen LogP contribution in [0.15, 0.2) is 0 Å². The van der Waals surface area contributed by atoms with E-state index in [9.17, 15) is 13.2 Å². The molecule has 0 aromatic heterocycles. The molecule has 78 valence electrons. The van der Waals surface area contributed by atoms with Crippen LogP contribution >= 0.6 is 0 Å². The Morgan fingerprint density at radius 2 is 2.15 bits per heavy atom. The van der Waals surface area contributed by atoms with Gasteiger partial charge in [-0.05, 0) is 6.42 Å². The van der Waals surface area contributed by atoms with Gasteiger partial charge in [0.05, 0.1) is 7.11 Å². The number of carbonyl (C=O) groups excluding carboxylic acids is 1. The Morgan fingerprint density at radius 1 is 1.62 bits per heavy atom. The van der Waals surface area contributed by atoms with E-state index in [4.69, 9.17) is 4.55 Å². The fraction of sp³-hybridized carbons (Fsp3) is 0.833. The Kier molecular flexibility index (Phi) is 4.89. The summed E-state index contributed by atoms with van der Waals surface area (Å²) in [6.07, 6.45) is 0.884. The van der Waals surface area contributed by atoms with Gasteiger partial charge in [-0.25, -0.2) is 0 Å². The number of carbonyl (C=O) groups is 1. The van der Waals surface area contributed by atoms with Gasteiger partial charge in [0.2, 0.25) is 0 Å². The summed E-state index contributed by atoms with van der Waals surface area (Å²) in [5.74, 6) is -0.709. The van der Waals surface area contributed by atoms with Crippen LogP contribution in [0.3, 0.4) is 0 Å². The van der Waals surface area contributed by atoms with E-state index >= 15 is 0 Å². The van der Waals surface area contributed by atoms with E-state index in [0.717, 1.165) is 7.11 Å². The van der Waals surface area contributed by atoms with Gasteiger partial charge in [-0.15, -0.1) is 0 Å². The largest absolute Gasteiger partial charge is 0.468 e. The lowest BCUT2D eigenvalue weighted by Crippen LogP contribution is -2.40. The summed E-state index contributed by atoms with van der Waals surface area (Å²) >= 11 is 0. The Hall–Kier alpha value is -0.660. The first-order chi connectivity index (χ1) is 5.90. The maximum absolute atomic E-state index is 10.9. The molecule has 0 spiro atoms. The van der Waals surface area contributed by atoms with E-state index < -0.39 is 22.3 Å². The van der Waals surface area contributed by atoms with Crippen molar-refractivity contribution in [3.05, 3.63) is 0 Å². The quantitative estimate of drug-likeness (QED) is 0.482. The minimum atomic E-state index is -4.35. The summed E-state index contributed by atoms with van der Waals surface area (Å²) in [5, 5.41) is 0. The summed E-state index contributed by atoms with van der Waals surface area (Å²) in [6.45, 7) is 1.78. The molecule has 0 saturated carbocycles. The monoisotopic (exact) mass is 211 g/mol. The number of hydrogen-bond acceptors (Lipinski definition) is 4. The van der Waals surface area contributed by atoms with Crippen molar-refractivity contribution in [3.63, 3.8) is 0 Å². The van der Waals surface area contributed by atoms with Gasteiger partial charge in [-0.2, -0.15) is 13.1 Å². The predicted molar refractivity (Wildman–Crippen MR) is 45.4 cm³/mol. The van der Waals surface area contributed by atoms with Gasteiger partial charge in [0.25, 0.3) is 0 Å². The molecule has 0 rings (SSSR count). The highest BCUT2D eigenvalue weighted by atomic mass is 32.2. The first-order valence-electron chi connectivity index (χ1n) is 3.73. The van der Waals surface area contributed by atoms with Gasteiger partial charge >= 0.3 is 16.3 Å². The molecule has 0 saturated heterocycles. The van der Waals surface area contributed by atoms with E-state index in [2.05, 4.69) is 4.74 Å². The van der Waals surface area contributed by atoms with E-state index in [-0.39, 0.29) is 6.42 Å². The molecule has 2 N–H and O–H groups in total. The molecule has 0 aliphatic carbocycles. The van der Waals surface area contributed by atoms with Crippen molar-refractivity contribution in [2.45, 2.75) is 25.8 Å². The fourth-order valence-electron chi connectivity index (χ4n) is 0.836. The highest BCUT2D eigenvalue weighted by Crippen LogP contribution is 1.99. The van der Waals surface area contributed by atoms with Crippen LogP contribution in [0.25, 0.3) is 0 Å². The second-order valence-corrected chi connectivity index (χ2v) is 3.64. The molecule has 0 aliphatic rings. The van der Waals surface area contributed by atoms with E-state index in [1.807, 2.05) is 0 Å². The molecule has 13 heavy (non-hydrogen) atoms. The number of esters is 1. The van der Waals surface area contributed by atoms with Gasteiger partial charge < -0.3 is 4.74 Å². The van der Waals surface area contributed by atoms with Crippen LogP contribution in [-0.4, -0.2) is 32.1 Å². The van der Waals surface area contributed by atoms with Gasteiger partial charge in [0.15, 0.2) is 0 Å². The lowest BCUT2D eigenvalue weighted by Gasteiger charge is -2.12. The highest BCUT2D eigenvalue weighted by molar-refractivity contribution is 7.83. The first-order valence-corrected chi connectivity index (χ1v) is 5.17. The Morgan fingerprint density at radius 3 is 2.46 bits per heavy atom. The Balaban J connectivity index is 4.35. The fourth-order valence-corrected chi connectivity index (χ4v) is 1.41. The number of methoxy groups -OCH3 is 1. The maximum Gasteiger partial charge on any atom is 0.334 e. The van der Waals surface area contributed by atoms with Crippen LogP contribution in [0.5, 0.6) is 0 Å². The number of nitrogens with one attached hydrogen (secondary N) is 1. The molecule has 0 bridgehead atoms. The smallest absolute Gasteiger partial charge is 0.334 e. The lowest BCUT2D eigenvalue weighted by molar-refractivity contribution is -0.142. The van der Waals surface area contributed by atoms with Crippen molar-refractivity contribution in [2.24, 2.45) is 0 Å². The van der Waals surface area contributed by atoms with E-state index in [0.29, 0.717) is 6.42 Å². The van der Waals surface area contributed by atoms with Gasteiger partial charge in [-0.3, -0.25) is 9.35 Å². The maximum atomic E-state index is 10.9. The van der Waals surface area contributed by atoms with Crippen molar-refractivity contribution in [2.75, 3.05) is 7.11 Å². The zero-order valence-electron chi connectivity index (χ0n) is 7.48. The van der Waals surface area contributed by atoms with Crippen molar-refractivity contribution in [1.82, 2.24) is 4.72 Å². The van der Waals surface area contributed by atoms with Gasteiger partial charge in [0.1, 0.15) is 6.04 Å². The summed E-state index contributed by atoms with van der Waals surface area (Å²) < 4.78 is 35.3. The van der Waals surface area contributed by atoms with Crippen LogP contribution < -0.4 is 4.72 Å². The van der Waals surface area contributed by atoms with Crippen LogP contribution in [0.2, 0.25) is 0 Å². The third-order valence-corrected chi connectivity index (χ3v) is 1.94. The first kappa shape index (κ1) is 12.3. The minimum Gasteiger partial charge on any atom is -0.468 e. The molecule has 0 unspecified atom stereocenters. The molecule has 7 heteroatoms. The highest BCUT2D eigenvalue weighted by Gasteiger charge is 2.22. The molecule has 0 aromatic carbocycles. The molecular weight excluding hydrogens is 198 g/mol. The van der Waals surface area contributed by atoms with Crippen molar-refractivity contribution in [1.29, 1.82) is 0 Å². The normalized spacial score (nSPS) is 13.8. The van der Waals surface area contributed by atoms with Crippen LogP contribution in [0.4, 0.5) is 0 Å². The Labute approximate surface area is 77.2 Å². The van der Waals surface area contributed by atoms with Gasteiger partial charge in [-0.1, -0.05) is 13.3 Å². The van der Waals surface area contributed by atoms with Crippen LogP contribution in [0.1, 0.15) is 19.8 Å². The van der Waals surface area contributed by atoms with E-state index in [1.165, 1.54) is 0 Å². The zero-order chi connectivity index (χ0) is 10.5. The molecule has 0 fully saturated rings. The summed E-state index contributed by atoms with van der Waals surface area (Å²) in [6, 6.07) is -1.01. The molecule has 1 atom stereocenters.